The van der Waals surface area contributed by atoms with E-state index in [0.29, 0.717) is 4.31 Å². The fourth-order valence-electron chi connectivity index (χ4n) is 3.35. The number of carbonyl (C=O) groups is 2. The SMILES string of the molecule is CCOc1ccc(N2C(=O)CCS2(=O)=O)cc1S(=O)(=O)N1CCN(C(C)=O)CC1. The van der Waals surface area contributed by atoms with Gasteiger partial charge in [-0.1, -0.05) is 0 Å². The minimum Gasteiger partial charge on any atom is -0.492 e. The molecule has 12 heteroatoms. The average Bonchev–Trinajstić information content (AvgIpc) is 2.95. The fraction of sp³-hybridized carbons (Fsp3) is 0.529. The molecule has 0 N–H and O–H groups in total. The number of amides is 2. The molecule has 0 spiro atoms. The van der Waals surface area contributed by atoms with E-state index in [1.165, 1.54) is 29.4 Å². The van der Waals surface area contributed by atoms with Crippen LogP contribution in [-0.2, 0) is 29.6 Å². The standard InChI is InChI=1S/C17H23N3O7S2/c1-3-27-15-5-4-14(20-17(22)6-11-28(20,23)24)12-16(15)29(25,26)19-9-7-18(8-10-19)13(2)21/h4-5,12H,3,6-11H2,1-2H3. The van der Waals surface area contributed by atoms with E-state index in [9.17, 15) is 26.4 Å². The molecule has 0 aliphatic carbocycles. The maximum absolute atomic E-state index is 13.3. The normalized spacial score (nSPS) is 20.1. The van der Waals surface area contributed by atoms with Gasteiger partial charge in [-0.05, 0) is 25.1 Å². The zero-order valence-corrected chi connectivity index (χ0v) is 17.8. The van der Waals surface area contributed by atoms with Gasteiger partial charge in [0.15, 0.2) is 0 Å². The lowest BCUT2D eigenvalue weighted by molar-refractivity contribution is -0.130. The van der Waals surface area contributed by atoms with Gasteiger partial charge in [0.25, 0.3) is 0 Å². The topological polar surface area (TPSA) is 121 Å². The van der Waals surface area contributed by atoms with Crippen LogP contribution in [0.2, 0.25) is 0 Å². The van der Waals surface area contributed by atoms with Crippen molar-refractivity contribution in [3.8, 4) is 5.75 Å². The second kappa shape index (κ2) is 7.92. The average molecular weight is 446 g/mol. The third kappa shape index (κ3) is 4.09. The smallest absolute Gasteiger partial charge is 0.246 e. The van der Waals surface area contributed by atoms with Gasteiger partial charge < -0.3 is 9.64 Å². The Morgan fingerprint density at radius 2 is 1.83 bits per heavy atom. The van der Waals surface area contributed by atoms with Crippen molar-refractivity contribution in [2.24, 2.45) is 0 Å². The first kappa shape index (κ1) is 21.5. The first-order valence-corrected chi connectivity index (χ1v) is 12.2. The molecule has 2 heterocycles. The van der Waals surface area contributed by atoms with Crippen molar-refractivity contribution in [1.82, 2.24) is 9.21 Å². The molecule has 2 amide bonds. The predicted octanol–water partition coefficient (Wildman–Crippen LogP) is 0.00460. The third-order valence-electron chi connectivity index (χ3n) is 4.84. The van der Waals surface area contributed by atoms with Crippen LogP contribution in [0.15, 0.2) is 23.1 Å². The molecule has 3 rings (SSSR count). The van der Waals surface area contributed by atoms with Crippen LogP contribution >= 0.6 is 0 Å². The highest BCUT2D eigenvalue weighted by molar-refractivity contribution is 7.94. The number of carbonyl (C=O) groups excluding carboxylic acids is 2. The van der Waals surface area contributed by atoms with Crippen LogP contribution in [0.3, 0.4) is 0 Å². The molecule has 2 aliphatic heterocycles. The highest BCUT2D eigenvalue weighted by Crippen LogP contribution is 2.34. The number of nitrogens with zero attached hydrogens (tertiary/aromatic N) is 3. The van der Waals surface area contributed by atoms with Crippen molar-refractivity contribution in [1.29, 1.82) is 0 Å². The van der Waals surface area contributed by atoms with E-state index in [0.717, 1.165) is 0 Å². The first-order valence-electron chi connectivity index (χ1n) is 9.16. The third-order valence-corrected chi connectivity index (χ3v) is 8.45. The fourth-order valence-corrected chi connectivity index (χ4v) is 6.38. The molecule has 2 saturated heterocycles. The van der Waals surface area contributed by atoms with Gasteiger partial charge >= 0.3 is 0 Å². The van der Waals surface area contributed by atoms with Crippen molar-refractivity contribution >= 4 is 37.5 Å². The minimum atomic E-state index is -4.03. The molecule has 0 aromatic heterocycles. The van der Waals surface area contributed by atoms with E-state index in [1.807, 2.05) is 0 Å². The van der Waals surface area contributed by atoms with Gasteiger partial charge in [-0.15, -0.1) is 0 Å². The number of anilines is 1. The van der Waals surface area contributed by atoms with Gasteiger partial charge in [-0.3, -0.25) is 9.59 Å². The lowest BCUT2D eigenvalue weighted by Crippen LogP contribution is -2.50. The van der Waals surface area contributed by atoms with E-state index in [2.05, 4.69) is 0 Å². The highest BCUT2D eigenvalue weighted by Gasteiger charge is 2.38. The summed E-state index contributed by atoms with van der Waals surface area (Å²) in [5, 5.41) is 0. The second-order valence-electron chi connectivity index (χ2n) is 6.70. The summed E-state index contributed by atoms with van der Waals surface area (Å²) in [6.07, 6.45) is -0.148. The minimum absolute atomic E-state index is 0.0306. The number of benzene rings is 1. The molecule has 1 aromatic carbocycles. The van der Waals surface area contributed by atoms with Gasteiger partial charge in [-0.25, -0.2) is 21.1 Å². The van der Waals surface area contributed by atoms with Gasteiger partial charge in [0.2, 0.25) is 31.9 Å². The van der Waals surface area contributed by atoms with E-state index < -0.39 is 26.0 Å². The van der Waals surface area contributed by atoms with Crippen molar-refractivity contribution in [3.05, 3.63) is 18.2 Å². The zero-order chi connectivity index (χ0) is 21.4. The lowest BCUT2D eigenvalue weighted by atomic mass is 10.3. The van der Waals surface area contributed by atoms with Crippen molar-refractivity contribution < 1.29 is 31.2 Å². The van der Waals surface area contributed by atoms with Crippen LogP contribution in [0.1, 0.15) is 20.3 Å². The summed E-state index contributed by atoms with van der Waals surface area (Å²) in [5.74, 6) is -0.965. The number of ether oxygens (including phenoxy) is 1. The molecule has 1 aromatic rings. The summed E-state index contributed by atoms with van der Waals surface area (Å²) in [6.45, 7) is 4.07. The highest BCUT2D eigenvalue weighted by atomic mass is 32.2. The van der Waals surface area contributed by atoms with Crippen LogP contribution in [0.25, 0.3) is 0 Å². The van der Waals surface area contributed by atoms with Crippen LogP contribution in [0.5, 0.6) is 5.75 Å². The predicted molar refractivity (Wildman–Crippen MR) is 105 cm³/mol. The van der Waals surface area contributed by atoms with Crippen LogP contribution < -0.4 is 9.04 Å². The number of piperazine rings is 1. The Labute approximate surface area is 170 Å². The number of hydrogen-bond acceptors (Lipinski definition) is 7. The largest absolute Gasteiger partial charge is 0.492 e. The summed E-state index contributed by atoms with van der Waals surface area (Å²) in [5.41, 5.74) is -0.0306. The first-order chi connectivity index (χ1) is 13.6. The molecule has 0 atom stereocenters. The molecule has 0 bridgehead atoms. The second-order valence-corrected chi connectivity index (χ2v) is 10.5. The van der Waals surface area contributed by atoms with Gasteiger partial charge in [0, 0.05) is 39.5 Å². The monoisotopic (exact) mass is 445 g/mol. The number of hydrogen-bond donors (Lipinski definition) is 0. The molecular formula is C17H23N3O7S2. The lowest BCUT2D eigenvalue weighted by Gasteiger charge is -2.33. The summed E-state index contributed by atoms with van der Waals surface area (Å²) >= 11 is 0. The van der Waals surface area contributed by atoms with E-state index in [1.54, 1.807) is 11.8 Å². The maximum atomic E-state index is 13.3. The van der Waals surface area contributed by atoms with Gasteiger partial charge in [-0.2, -0.15) is 4.31 Å². The molecule has 0 unspecified atom stereocenters. The number of rotatable bonds is 5. The van der Waals surface area contributed by atoms with E-state index >= 15 is 0 Å². The maximum Gasteiger partial charge on any atom is 0.246 e. The van der Waals surface area contributed by atoms with Gasteiger partial charge in [0.05, 0.1) is 18.0 Å². The quantitative estimate of drug-likeness (QED) is 0.625. The summed E-state index contributed by atoms with van der Waals surface area (Å²) in [6, 6.07) is 3.88. The molecule has 2 aliphatic rings. The molecule has 2 fully saturated rings. The summed E-state index contributed by atoms with van der Waals surface area (Å²) < 4.78 is 58.3. The summed E-state index contributed by atoms with van der Waals surface area (Å²) in [7, 11) is -7.86. The molecule has 0 radical (unpaired) electrons. The molecule has 29 heavy (non-hydrogen) atoms. The molecule has 160 valence electrons. The Morgan fingerprint density at radius 3 is 2.34 bits per heavy atom. The Bertz CT molecular complexity index is 1030. The Morgan fingerprint density at radius 1 is 1.17 bits per heavy atom. The van der Waals surface area contributed by atoms with Crippen molar-refractivity contribution in [2.75, 3.05) is 42.8 Å². The molecule has 0 saturated carbocycles. The van der Waals surface area contributed by atoms with Crippen LogP contribution in [-0.4, -0.2) is 76.4 Å². The Kier molecular flexibility index (Phi) is 5.88. The van der Waals surface area contributed by atoms with Gasteiger partial charge in [0.1, 0.15) is 10.6 Å². The van der Waals surface area contributed by atoms with Crippen molar-refractivity contribution in [2.45, 2.75) is 25.2 Å². The zero-order valence-electron chi connectivity index (χ0n) is 16.2. The van der Waals surface area contributed by atoms with Crippen molar-refractivity contribution in [3.63, 3.8) is 0 Å². The van der Waals surface area contributed by atoms with Crippen LogP contribution in [0.4, 0.5) is 5.69 Å². The summed E-state index contributed by atoms with van der Waals surface area (Å²) in [4.78, 5) is 24.9. The van der Waals surface area contributed by atoms with E-state index in [4.69, 9.17) is 4.74 Å². The Hall–Kier alpha value is -2.18. The molecule has 10 nitrogen and oxygen atoms in total. The van der Waals surface area contributed by atoms with E-state index in [-0.39, 0.29) is 67.2 Å². The molecular weight excluding hydrogens is 422 g/mol. The Balaban J connectivity index is 2.00. The number of sulfonamides is 2. The van der Waals surface area contributed by atoms with Crippen LogP contribution in [0, 0.1) is 0 Å².